The van der Waals surface area contributed by atoms with E-state index in [4.69, 9.17) is 0 Å². The van der Waals surface area contributed by atoms with Gasteiger partial charge >= 0.3 is 0 Å². The predicted octanol–water partition coefficient (Wildman–Crippen LogP) is 1.53. The molecule has 2 aromatic rings. The molecule has 0 radical (unpaired) electrons. The molecule has 7 heteroatoms. The minimum absolute atomic E-state index is 0.0518. The minimum Gasteiger partial charge on any atom is -0.339 e. The molecule has 0 unspecified atom stereocenters. The van der Waals surface area contributed by atoms with Crippen LogP contribution in [0, 0.1) is 5.82 Å². The largest absolute Gasteiger partial charge is 0.339 e. The van der Waals surface area contributed by atoms with Crippen LogP contribution < -0.4 is 0 Å². The molecule has 1 aliphatic heterocycles. The number of hydrogen-bond acceptors (Lipinski definition) is 4. The van der Waals surface area contributed by atoms with Crippen molar-refractivity contribution in [1.29, 1.82) is 0 Å². The number of halogens is 1. The van der Waals surface area contributed by atoms with Crippen LogP contribution in [0.1, 0.15) is 22.5 Å². The zero-order valence-electron chi connectivity index (χ0n) is 13.8. The molecule has 1 aromatic heterocycles. The molecule has 0 aliphatic carbocycles. The summed E-state index contributed by atoms with van der Waals surface area (Å²) in [6.07, 6.45) is 5.42. The molecule has 1 aromatic carbocycles. The maximum atomic E-state index is 12.9. The SMILES string of the molecule is O=C(CCc1ccc(F)cc1)N1CCN(C(=O)c2cnccn2)CC1. The van der Waals surface area contributed by atoms with Crippen molar-refractivity contribution >= 4 is 11.8 Å². The van der Waals surface area contributed by atoms with Gasteiger partial charge in [0.05, 0.1) is 6.20 Å². The fourth-order valence-electron chi connectivity index (χ4n) is 2.79. The van der Waals surface area contributed by atoms with Gasteiger partial charge in [-0.3, -0.25) is 14.6 Å². The molecule has 1 fully saturated rings. The summed E-state index contributed by atoms with van der Waals surface area (Å²) in [5.41, 5.74) is 1.25. The lowest BCUT2D eigenvalue weighted by Crippen LogP contribution is -2.50. The zero-order chi connectivity index (χ0) is 17.6. The summed E-state index contributed by atoms with van der Waals surface area (Å²) >= 11 is 0. The Morgan fingerprint density at radius 1 is 1.00 bits per heavy atom. The van der Waals surface area contributed by atoms with Gasteiger partial charge in [0, 0.05) is 45.0 Å². The first kappa shape index (κ1) is 17.0. The van der Waals surface area contributed by atoms with E-state index in [1.54, 1.807) is 21.9 Å². The van der Waals surface area contributed by atoms with Gasteiger partial charge in [0.1, 0.15) is 11.5 Å². The van der Waals surface area contributed by atoms with Crippen molar-refractivity contribution in [1.82, 2.24) is 19.8 Å². The molecule has 1 saturated heterocycles. The fourth-order valence-corrected chi connectivity index (χ4v) is 2.79. The summed E-state index contributed by atoms with van der Waals surface area (Å²) in [4.78, 5) is 36.0. The number of nitrogens with zero attached hydrogens (tertiary/aromatic N) is 4. The molecule has 25 heavy (non-hydrogen) atoms. The van der Waals surface area contributed by atoms with E-state index >= 15 is 0 Å². The Hall–Kier alpha value is -2.83. The van der Waals surface area contributed by atoms with Gasteiger partial charge in [-0.25, -0.2) is 9.37 Å². The zero-order valence-corrected chi connectivity index (χ0v) is 13.8. The van der Waals surface area contributed by atoms with Crippen LogP contribution in [0.3, 0.4) is 0 Å². The summed E-state index contributed by atoms with van der Waals surface area (Å²) in [5, 5.41) is 0. The number of benzene rings is 1. The minimum atomic E-state index is -0.279. The normalized spacial score (nSPS) is 14.4. The van der Waals surface area contributed by atoms with E-state index in [0.29, 0.717) is 44.7 Å². The van der Waals surface area contributed by atoms with E-state index in [0.717, 1.165) is 5.56 Å². The maximum Gasteiger partial charge on any atom is 0.274 e. The topological polar surface area (TPSA) is 66.4 Å². The molecule has 2 amide bonds. The van der Waals surface area contributed by atoms with E-state index in [2.05, 4.69) is 9.97 Å². The number of aromatic nitrogens is 2. The Balaban J connectivity index is 1.47. The van der Waals surface area contributed by atoms with Gasteiger partial charge in [-0.2, -0.15) is 0 Å². The van der Waals surface area contributed by atoms with Crippen LogP contribution in [0.4, 0.5) is 4.39 Å². The van der Waals surface area contributed by atoms with E-state index in [1.807, 2.05) is 0 Å². The number of piperazine rings is 1. The van der Waals surface area contributed by atoms with Crippen molar-refractivity contribution in [3.8, 4) is 0 Å². The van der Waals surface area contributed by atoms with Crippen molar-refractivity contribution in [2.24, 2.45) is 0 Å². The molecular weight excluding hydrogens is 323 g/mol. The van der Waals surface area contributed by atoms with Gasteiger partial charge in [0.2, 0.25) is 5.91 Å². The number of amides is 2. The Bertz CT molecular complexity index is 729. The monoisotopic (exact) mass is 342 g/mol. The molecule has 0 saturated carbocycles. The predicted molar refractivity (Wildman–Crippen MR) is 89.2 cm³/mol. The van der Waals surface area contributed by atoms with E-state index in [1.165, 1.54) is 30.7 Å². The first-order valence-corrected chi connectivity index (χ1v) is 8.21. The molecule has 0 atom stereocenters. The van der Waals surface area contributed by atoms with Crippen molar-refractivity contribution in [3.63, 3.8) is 0 Å². The lowest BCUT2D eigenvalue weighted by molar-refractivity contribution is -0.132. The third kappa shape index (κ3) is 4.37. The van der Waals surface area contributed by atoms with Crippen LogP contribution in [-0.2, 0) is 11.2 Å². The number of carbonyl (C=O) groups is 2. The lowest BCUT2D eigenvalue weighted by atomic mass is 10.1. The van der Waals surface area contributed by atoms with Crippen LogP contribution in [-0.4, -0.2) is 57.8 Å². The Kier molecular flexibility index (Phi) is 5.33. The Labute approximate surface area is 145 Å². The second-order valence-corrected chi connectivity index (χ2v) is 5.89. The summed E-state index contributed by atoms with van der Waals surface area (Å²) in [7, 11) is 0. The summed E-state index contributed by atoms with van der Waals surface area (Å²) in [6, 6.07) is 6.19. The first-order valence-electron chi connectivity index (χ1n) is 8.21. The van der Waals surface area contributed by atoms with Crippen LogP contribution in [0.5, 0.6) is 0 Å². The van der Waals surface area contributed by atoms with Crippen LogP contribution in [0.2, 0.25) is 0 Å². The highest BCUT2D eigenvalue weighted by molar-refractivity contribution is 5.92. The van der Waals surface area contributed by atoms with Crippen molar-refractivity contribution in [3.05, 3.63) is 59.9 Å². The average Bonchev–Trinajstić information content (AvgIpc) is 2.67. The molecule has 0 N–H and O–H groups in total. The van der Waals surface area contributed by atoms with Crippen molar-refractivity contribution in [2.75, 3.05) is 26.2 Å². The molecule has 0 bridgehead atoms. The van der Waals surface area contributed by atoms with Crippen molar-refractivity contribution in [2.45, 2.75) is 12.8 Å². The third-order valence-electron chi connectivity index (χ3n) is 4.24. The first-order chi connectivity index (χ1) is 12.1. The van der Waals surface area contributed by atoms with Crippen LogP contribution >= 0.6 is 0 Å². The van der Waals surface area contributed by atoms with Gasteiger partial charge in [-0.05, 0) is 24.1 Å². The van der Waals surface area contributed by atoms with E-state index in [-0.39, 0.29) is 17.6 Å². The third-order valence-corrected chi connectivity index (χ3v) is 4.24. The molecule has 6 nitrogen and oxygen atoms in total. The Morgan fingerprint density at radius 2 is 1.68 bits per heavy atom. The summed E-state index contributed by atoms with van der Waals surface area (Å²) in [6.45, 7) is 1.98. The number of carbonyl (C=O) groups excluding carboxylic acids is 2. The highest BCUT2D eigenvalue weighted by Crippen LogP contribution is 2.10. The average molecular weight is 342 g/mol. The van der Waals surface area contributed by atoms with Gasteiger partial charge in [0.25, 0.3) is 5.91 Å². The highest BCUT2D eigenvalue weighted by atomic mass is 19.1. The molecule has 1 aliphatic rings. The standard InChI is InChI=1S/C18H19FN4O2/c19-15-4-1-14(2-5-15)3-6-17(24)22-9-11-23(12-10-22)18(25)16-13-20-7-8-21-16/h1-2,4-5,7-8,13H,3,6,9-12H2. The lowest BCUT2D eigenvalue weighted by Gasteiger charge is -2.34. The van der Waals surface area contributed by atoms with Crippen LogP contribution in [0.25, 0.3) is 0 Å². The number of hydrogen-bond donors (Lipinski definition) is 0. The van der Waals surface area contributed by atoms with Gasteiger partial charge in [-0.1, -0.05) is 12.1 Å². The van der Waals surface area contributed by atoms with E-state index < -0.39 is 0 Å². The molecule has 3 rings (SSSR count). The highest BCUT2D eigenvalue weighted by Gasteiger charge is 2.25. The Morgan fingerprint density at radius 3 is 2.32 bits per heavy atom. The fraction of sp³-hybridized carbons (Fsp3) is 0.333. The summed E-state index contributed by atoms with van der Waals surface area (Å²) < 4.78 is 12.9. The van der Waals surface area contributed by atoms with Crippen LogP contribution in [0.15, 0.2) is 42.9 Å². The maximum absolute atomic E-state index is 12.9. The number of rotatable bonds is 4. The quantitative estimate of drug-likeness (QED) is 0.845. The number of aryl methyl sites for hydroxylation is 1. The van der Waals surface area contributed by atoms with Gasteiger partial charge in [-0.15, -0.1) is 0 Å². The second kappa shape index (κ2) is 7.83. The van der Waals surface area contributed by atoms with Gasteiger partial charge < -0.3 is 9.80 Å². The van der Waals surface area contributed by atoms with E-state index in [9.17, 15) is 14.0 Å². The second-order valence-electron chi connectivity index (χ2n) is 5.89. The molecule has 130 valence electrons. The van der Waals surface area contributed by atoms with Crippen molar-refractivity contribution < 1.29 is 14.0 Å². The smallest absolute Gasteiger partial charge is 0.274 e. The summed E-state index contributed by atoms with van der Waals surface area (Å²) in [5.74, 6) is -0.388. The molecular formula is C18H19FN4O2. The van der Waals surface area contributed by atoms with Gasteiger partial charge in [0.15, 0.2) is 0 Å². The molecule has 0 spiro atoms. The molecule has 2 heterocycles.